The van der Waals surface area contributed by atoms with E-state index < -0.39 is 20.2 Å². The van der Waals surface area contributed by atoms with Crippen molar-refractivity contribution in [3.05, 3.63) is 95.9 Å². The predicted molar refractivity (Wildman–Crippen MR) is 158 cm³/mol. The monoisotopic (exact) mass is 585 g/mol. The van der Waals surface area contributed by atoms with Gasteiger partial charge in [0.2, 0.25) is 11.4 Å². The molecule has 5 aromatic rings. The van der Waals surface area contributed by atoms with Gasteiger partial charge >= 0.3 is 0 Å². The summed E-state index contributed by atoms with van der Waals surface area (Å²) in [6.45, 7) is 5.31. The third-order valence-corrected chi connectivity index (χ3v) is 9.36. The lowest BCUT2D eigenvalue weighted by Gasteiger charge is -2.11. The van der Waals surface area contributed by atoms with Gasteiger partial charge in [0, 0.05) is 51.1 Å². The molecule has 208 valence electrons. The van der Waals surface area contributed by atoms with Crippen LogP contribution in [0.25, 0.3) is 38.5 Å². The molecule has 0 bridgehead atoms. The molecule has 6 rings (SSSR count). The van der Waals surface area contributed by atoms with E-state index in [2.05, 4.69) is 9.14 Å². The minimum absolute atomic E-state index is 0.223. The number of nitrogens with zero attached hydrogens (tertiary/aromatic N) is 2. The van der Waals surface area contributed by atoms with Crippen LogP contribution in [0.5, 0.6) is 0 Å². The van der Waals surface area contributed by atoms with Gasteiger partial charge in [0.25, 0.3) is 0 Å². The van der Waals surface area contributed by atoms with E-state index in [0.717, 1.165) is 44.0 Å². The van der Waals surface area contributed by atoms with Gasteiger partial charge < -0.3 is 13.7 Å². The molecule has 0 spiro atoms. The summed E-state index contributed by atoms with van der Waals surface area (Å²) in [6.07, 6.45) is 9.57. The summed E-state index contributed by atoms with van der Waals surface area (Å²) in [7, 11) is -9.24. The fraction of sp³-hybridized carbons (Fsp3) is 0.129. The van der Waals surface area contributed by atoms with Crippen LogP contribution in [0.3, 0.4) is 0 Å². The van der Waals surface area contributed by atoms with Gasteiger partial charge in [0.15, 0.2) is 0 Å². The predicted octanol–water partition coefficient (Wildman–Crippen LogP) is 4.55. The Kier molecular flexibility index (Phi) is 6.46. The molecule has 0 amide bonds. The number of aryl methyl sites for hydroxylation is 1. The van der Waals surface area contributed by atoms with E-state index in [0.29, 0.717) is 23.9 Å². The van der Waals surface area contributed by atoms with Crippen molar-refractivity contribution in [2.75, 3.05) is 6.54 Å². The summed E-state index contributed by atoms with van der Waals surface area (Å²) in [5.74, 6) is 0. The van der Waals surface area contributed by atoms with Gasteiger partial charge in [-0.2, -0.15) is 4.58 Å². The number of allylic oxidation sites excluding steroid dienone is 4. The maximum Gasteiger partial charge on any atom is 0.214 e. The summed E-state index contributed by atoms with van der Waals surface area (Å²) < 4.78 is 75.3. The first-order chi connectivity index (χ1) is 19.6. The third kappa shape index (κ3) is 4.31. The zero-order valence-electron chi connectivity index (χ0n) is 22.2. The molecule has 0 fully saturated rings. The Balaban J connectivity index is 1.42. The molecule has 1 aliphatic heterocycles. The third-order valence-electron chi connectivity index (χ3n) is 7.57. The quantitative estimate of drug-likeness (QED) is 0.157. The van der Waals surface area contributed by atoms with Crippen LogP contribution in [-0.4, -0.2) is 47.3 Å². The summed E-state index contributed by atoms with van der Waals surface area (Å²) in [6, 6.07) is 16.8. The molecule has 0 saturated carbocycles. The second-order valence-corrected chi connectivity index (χ2v) is 12.4. The van der Waals surface area contributed by atoms with E-state index in [1.54, 1.807) is 36.4 Å². The Labute approximate surface area is 237 Å². The van der Waals surface area contributed by atoms with Crippen molar-refractivity contribution in [1.29, 1.82) is 0 Å². The lowest BCUT2D eigenvalue weighted by Crippen LogP contribution is -2.14. The molecule has 0 saturated heterocycles. The molecule has 0 radical (unpaired) electrons. The first kappa shape index (κ1) is 27.1. The zero-order chi connectivity index (χ0) is 29.1. The van der Waals surface area contributed by atoms with Crippen LogP contribution >= 0.6 is 0 Å². The van der Waals surface area contributed by atoms with Crippen LogP contribution in [0, 0.1) is 0 Å². The Morgan fingerprint density at radius 3 is 2.05 bits per heavy atom. The zero-order valence-corrected chi connectivity index (χ0v) is 23.9. The molecule has 10 heteroatoms. The van der Waals surface area contributed by atoms with E-state index in [9.17, 15) is 25.9 Å². The standard InChI is InChI=1S/C31H26N2O6S2/c1-3-32-24(20-10-8-12-22-28(40(34,35)36)18-16-26(32)30(20)22)14-6-5-7-15-25-21-11-9-13-23-29(41(37,38)39)19-17-27(31(21)23)33(25)4-2/h5-19H,3-4H2,1-2H3,(H-,34,35,36,37,38,39)/p-1. The molecule has 0 unspecified atom stereocenters. The first-order valence-corrected chi connectivity index (χ1v) is 15.9. The van der Waals surface area contributed by atoms with Crippen molar-refractivity contribution < 1.29 is 30.5 Å². The van der Waals surface area contributed by atoms with Crippen molar-refractivity contribution in [3.8, 4) is 0 Å². The maximum absolute atomic E-state index is 11.9. The molecule has 0 N–H and O–H groups in total. The van der Waals surface area contributed by atoms with Gasteiger partial charge in [-0.25, -0.2) is 16.8 Å². The second kappa shape index (κ2) is 9.78. The molecular weight excluding hydrogens is 560 g/mol. The lowest BCUT2D eigenvalue weighted by molar-refractivity contribution is -0.430. The summed E-state index contributed by atoms with van der Waals surface area (Å²) in [5, 5.41) is 4.07. The fourth-order valence-electron chi connectivity index (χ4n) is 5.98. The number of hydrogen-bond acceptors (Lipinski definition) is 6. The number of aromatic nitrogens is 1. The van der Waals surface area contributed by atoms with Crippen molar-refractivity contribution in [2.45, 2.75) is 30.2 Å². The van der Waals surface area contributed by atoms with Crippen LogP contribution in [0.2, 0.25) is 0 Å². The van der Waals surface area contributed by atoms with Gasteiger partial charge in [-0.1, -0.05) is 48.6 Å². The smallest absolute Gasteiger partial charge is 0.214 e. The summed E-state index contributed by atoms with van der Waals surface area (Å²) in [4.78, 5) is -0.446. The minimum atomic E-state index is -4.62. The highest BCUT2D eigenvalue weighted by Crippen LogP contribution is 2.38. The van der Waals surface area contributed by atoms with Gasteiger partial charge in [0.1, 0.15) is 26.8 Å². The summed E-state index contributed by atoms with van der Waals surface area (Å²) in [5.41, 5.74) is 3.45. The minimum Gasteiger partial charge on any atom is -0.744 e. The molecule has 1 aromatic heterocycles. The van der Waals surface area contributed by atoms with Gasteiger partial charge in [-0.3, -0.25) is 0 Å². The maximum atomic E-state index is 11.9. The molecule has 0 atom stereocenters. The van der Waals surface area contributed by atoms with Crippen molar-refractivity contribution in [1.82, 2.24) is 4.57 Å². The molecule has 41 heavy (non-hydrogen) atoms. The molecule has 0 aliphatic carbocycles. The SMILES string of the molecule is CCn1\c(=C/C=C/C=C/C2=[N+](CC)c3ccc(S(=O)(=O)[O-])c4cccc2c34)c2cccc3c(S(=O)(=O)[O-])ccc1c32. The van der Waals surface area contributed by atoms with Crippen LogP contribution in [0.1, 0.15) is 19.4 Å². The molecule has 2 heterocycles. The molecular formula is C31H25N2O6S2-. The van der Waals surface area contributed by atoms with Crippen LogP contribution in [0.4, 0.5) is 5.69 Å². The average Bonchev–Trinajstić information content (AvgIpc) is 3.41. The summed E-state index contributed by atoms with van der Waals surface area (Å²) >= 11 is 0. The fourth-order valence-corrected chi connectivity index (χ4v) is 7.33. The highest BCUT2D eigenvalue weighted by atomic mass is 32.2. The van der Waals surface area contributed by atoms with Gasteiger partial charge in [0.05, 0.1) is 20.7 Å². The van der Waals surface area contributed by atoms with Crippen molar-refractivity contribution >= 4 is 70.2 Å². The Morgan fingerprint density at radius 1 is 0.756 bits per heavy atom. The average molecular weight is 586 g/mol. The topological polar surface area (TPSA) is 122 Å². The molecule has 8 nitrogen and oxygen atoms in total. The highest BCUT2D eigenvalue weighted by molar-refractivity contribution is 7.86. The van der Waals surface area contributed by atoms with Gasteiger partial charge in [-0.15, -0.1) is 0 Å². The van der Waals surface area contributed by atoms with Crippen LogP contribution in [-0.2, 0) is 26.8 Å². The Bertz CT molecular complexity index is 2280. The normalized spacial score (nSPS) is 14.8. The van der Waals surface area contributed by atoms with E-state index in [-0.39, 0.29) is 9.79 Å². The van der Waals surface area contributed by atoms with Crippen molar-refractivity contribution in [2.24, 2.45) is 0 Å². The lowest BCUT2D eigenvalue weighted by atomic mass is 10.0. The van der Waals surface area contributed by atoms with Gasteiger partial charge in [-0.05, 0) is 44.2 Å². The Morgan fingerprint density at radius 2 is 1.39 bits per heavy atom. The van der Waals surface area contributed by atoms with Crippen LogP contribution < -0.4 is 5.35 Å². The number of hydrogen-bond donors (Lipinski definition) is 0. The van der Waals surface area contributed by atoms with E-state index in [1.807, 2.05) is 56.4 Å². The first-order valence-electron chi connectivity index (χ1n) is 13.1. The van der Waals surface area contributed by atoms with Crippen molar-refractivity contribution in [3.63, 3.8) is 0 Å². The molecule has 1 aliphatic rings. The van der Waals surface area contributed by atoms with E-state index >= 15 is 0 Å². The van der Waals surface area contributed by atoms with Crippen LogP contribution in [0.15, 0.2) is 94.8 Å². The largest absolute Gasteiger partial charge is 0.744 e. The number of benzene rings is 4. The second-order valence-electron chi connectivity index (χ2n) is 9.70. The molecule has 4 aromatic carbocycles. The Hall–Kier alpha value is -4.09. The van der Waals surface area contributed by atoms with E-state index in [1.165, 1.54) is 12.1 Å². The van der Waals surface area contributed by atoms with E-state index in [4.69, 9.17) is 0 Å². The highest BCUT2D eigenvalue weighted by Gasteiger charge is 2.30. The number of rotatable bonds is 7.